The molecule has 0 aliphatic heterocycles. The highest BCUT2D eigenvalue weighted by atomic mass is 16.3. The molecule has 14 heavy (non-hydrogen) atoms. The Morgan fingerprint density at radius 1 is 1.50 bits per heavy atom. The van der Waals surface area contributed by atoms with Gasteiger partial charge in [0.15, 0.2) is 0 Å². The molecule has 73 valence electrons. The van der Waals surface area contributed by atoms with Crippen LogP contribution in [-0.2, 0) is 6.42 Å². The summed E-state index contributed by atoms with van der Waals surface area (Å²) in [6.07, 6.45) is 0.890. The zero-order chi connectivity index (χ0) is 10.6. The van der Waals surface area contributed by atoms with E-state index in [1.165, 1.54) is 0 Å². The maximum Gasteiger partial charge on any atom is 0.0991 e. The lowest BCUT2D eigenvalue weighted by Crippen LogP contribution is -2.00. The van der Waals surface area contributed by atoms with Crippen molar-refractivity contribution in [3.63, 3.8) is 0 Å². The fraction of sp³-hybridized carbons (Fsp3) is 0.333. The van der Waals surface area contributed by atoms with Gasteiger partial charge in [-0.1, -0.05) is 13.0 Å². The molecule has 2 nitrogen and oxygen atoms in total. The summed E-state index contributed by atoms with van der Waals surface area (Å²) in [6, 6.07) is 7.76. The molecule has 1 radical (unpaired) electrons. The molecule has 0 fully saturated rings. The summed E-state index contributed by atoms with van der Waals surface area (Å²) in [6.45, 7) is 5.87. The molecular formula is C12H14NO. The Morgan fingerprint density at radius 3 is 2.71 bits per heavy atom. The summed E-state index contributed by atoms with van der Waals surface area (Å²) in [4.78, 5) is 0. The van der Waals surface area contributed by atoms with Crippen LogP contribution in [0.25, 0.3) is 0 Å². The van der Waals surface area contributed by atoms with Crippen LogP contribution in [0.3, 0.4) is 0 Å². The minimum atomic E-state index is -0.145. The van der Waals surface area contributed by atoms with E-state index >= 15 is 0 Å². The standard InChI is InChI=1S/C12H14NO/c1-3-10-4-11(7-13)6-12(5-10)9(2)8-14/h4-6,9,14H,2-3,8H2,1H3. The maximum atomic E-state index is 8.97. The molecule has 0 aliphatic carbocycles. The third-order valence-electron chi connectivity index (χ3n) is 2.24. The van der Waals surface area contributed by atoms with Crippen LogP contribution in [0.15, 0.2) is 18.2 Å². The topological polar surface area (TPSA) is 44.0 Å². The first-order valence-electron chi connectivity index (χ1n) is 4.69. The van der Waals surface area contributed by atoms with Crippen molar-refractivity contribution in [1.82, 2.24) is 0 Å². The molecule has 0 saturated carbocycles. The van der Waals surface area contributed by atoms with Gasteiger partial charge in [-0.2, -0.15) is 5.26 Å². The zero-order valence-electron chi connectivity index (χ0n) is 8.33. The third-order valence-corrected chi connectivity index (χ3v) is 2.24. The second-order valence-corrected chi connectivity index (χ2v) is 3.31. The van der Waals surface area contributed by atoms with E-state index in [1.54, 1.807) is 6.07 Å². The predicted molar refractivity (Wildman–Crippen MR) is 55.7 cm³/mol. The van der Waals surface area contributed by atoms with E-state index in [1.807, 2.05) is 19.1 Å². The smallest absolute Gasteiger partial charge is 0.0991 e. The van der Waals surface area contributed by atoms with Gasteiger partial charge in [0.05, 0.1) is 11.6 Å². The summed E-state index contributed by atoms with van der Waals surface area (Å²) in [5.74, 6) is -0.145. The second kappa shape index (κ2) is 4.78. The molecule has 0 saturated heterocycles. The van der Waals surface area contributed by atoms with E-state index in [2.05, 4.69) is 13.0 Å². The van der Waals surface area contributed by atoms with Crippen molar-refractivity contribution in [2.45, 2.75) is 19.3 Å². The van der Waals surface area contributed by atoms with E-state index in [-0.39, 0.29) is 12.5 Å². The van der Waals surface area contributed by atoms with Gasteiger partial charge in [-0.3, -0.25) is 0 Å². The molecule has 1 N–H and O–H groups in total. The average Bonchev–Trinajstić information content (AvgIpc) is 2.27. The van der Waals surface area contributed by atoms with Gasteiger partial charge in [0.25, 0.3) is 0 Å². The van der Waals surface area contributed by atoms with Gasteiger partial charge in [0.1, 0.15) is 0 Å². The molecule has 1 aromatic rings. The fourth-order valence-corrected chi connectivity index (χ4v) is 1.33. The van der Waals surface area contributed by atoms with Crippen LogP contribution in [-0.4, -0.2) is 11.7 Å². The number of benzene rings is 1. The van der Waals surface area contributed by atoms with Crippen LogP contribution in [0.2, 0.25) is 0 Å². The summed E-state index contributed by atoms with van der Waals surface area (Å²) in [7, 11) is 0. The van der Waals surface area contributed by atoms with Gasteiger partial charge in [0.2, 0.25) is 0 Å². The lowest BCUT2D eigenvalue weighted by molar-refractivity contribution is 0.282. The number of hydrogen-bond acceptors (Lipinski definition) is 2. The Morgan fingerprint density at radius 2 is 2.21 bits per heavy atom. The lowest BCUT2D eigenvalue weighted by Gasteiger charge is -2.10. The van der Waals surface area contributed by atoms with Crippen LogP contribution in [0, 0.1) is 18.3 Å². The Hall–Kier alpha value is -1.33. The van der Waals surface area contributed by atoms with Crippen LogP contribution in [0.4, 0.5) is 0 Å². The molecule has 2 heteroatoms. The van der Waals surface area contributed by atoms with Gasteiger partial charge in [0, 0.05) is 12.5 Å². The van der Waals surface area contributed by atoms with Gasteiger partial charge in [-0.05, 0) is 36.6 Å². The third kappa shape index (κ3) is 2.34. The van der Waals surface area contributed by atoms with Crippen LogP contribution < -0.4 is 0 Å². The SMILES string of the molecule is [CH2]C(CO)c1cc(C#N)cc(CC)c1. The minimum absolute atomic E-state index is 0.0119. The van der Waals surface area contributed by atoms with Gasteiger partial charge >= 0.3 is 0 Å². The molecule has 0 spiro atoms. The average molecular weight is 188 g/mol. The van der Waals surface area contributed by atoms with Gasteiger partial charge in [-0.25, -0.2) is 0 Å². The molecule has 0 heterocycles. The molecule has 0 aliphatic rings. The van der Waals surface area contributed by atoms with Crippen LogP contribution >= 0.6 is 0 Å². The normalized spacial score (nSPS) is 12.1. The highest BCUT2D eigenvalue weighted by Crippen LogP contribution is 2.18. The Bertz CT molecular complexity index is 352. The van der Waals surface area contributed by atoms with Crippen LogP contribution in [0.1, 0.15) is 29.5 Å². The number of rotatable bonds is 3. The van der Waals surface area contributed by atoms with E-state index < -0.39 is 0 Å². The number of hydrogen-bond donors (Lipinski definition) is 1. The lowest BCUT2D eigenvalue weighted by atomic mass is 9.96. The maximum absolute atomic E-state index is 8.97. The van der Waals surface area contributed by atoms with Crippen molar-refractivity contribution in [3.8, 4) is 6.07 Å². The predicted octanol–water partition coefficient (Wildman–Crippen LogP) is 2.03. The van der Waals surface area contributed by atoms with Crippen molar-refractivity contribution in [2.24, 2.45) is 0 Å². The molecule has 1 atom stereocenters. The molecule has 0 bridgehead atoms. The molecular weight excluding hydrogens is 174 g/mol. The zero-order valence-corrected chi connectivity index (χ0v) is 8.33. The van der Waals surface area contributed by atoms with E-state index in [0.29, 0.717) is 5.56 Å². The first-order chi connectivity index (χ1) is 6.71. The molecule has 0 aromatic heterocycles. The van der Waals surface area contributed by atoms with Crippen molar-refractivity contribution in [3.05, 3.63) is 41.8 Å². The number of nitriles is 1. The van der Waals surface area contributed by atoms with Crippen LogP contribution in [0.5, 0.6) is 0 Å². The Balaban J connectivity index is 3.12. The summed E-state index contributed by atoms with van der Waals surface area (Å²) < 4.78 is 0. The second-order valence-electron chi connectivity index (χ2n) is 3.31. The van der Waals surface area contributed by atoms with Gasteiger partial charge < -0.3 is 5.11 Å². The van der Waals surface area contributed by atoms with E-state index in [4.69, 9.17) is 10.4 Å². The first-order valence-corrected chi connectivity index (χ1v) is 4.69. The monoisotopic (exact) mass is 188 g/mol. The molecule has 1 aromatic carbocycles. The number of aryl methyl sites for hydroxylation is 1. The summed E-state index contributed by atoms with van der Waals surface area (Å²) >= 11 is 0. The highest BCUT2D eigenvalue weighted by Gasteiger charge is 2.06. The molecule has 0 amide bonds. The van der Waals surface area contributed by atoms with Crippen molar-refractivity contribution in [1.29, 1.82) is 5.26 Å². The largest absolute Gasteiger partial charge is 0.396 e. The van der Waals surface area contributed by atoms with Crippen molar-refractivity contribution >= 4 is 0 Å². The Labute approximate surface area is 84.8 Å². The van der Waals surface area contributed by atoms with Gasteiger partial charge in [-0.15, -0.1) is 0 Å². The molecule has 1 rings (SSSR count). The van der Waals surface area contributed by atoms with Crippen molar-refractivity contribution < 1.29 is 5.11 Å². The quantitative estimate of drug-likeness (QED) is 0.788. The summed E-state index contributed by atoms with van der Waals surface area (Å²) in [5, 5.41) is 17.8. The fourth-order valence-electron chi connectivity index (χ4n) is 1.33. The minimum Gasteiger partial charge on any atom is -0.396 e. The first kappa shape index (κ1) is 10.7. The summed E-state index contributed by atoms with van der Waals surface area (Å²) in [5.41, 5.74) is 2.69. The number of nitrogens with zero attached hydrogens (tertiary/aromatic N) is 1. The number of aliphatic hydroxyl groups excluding tert-OH is 1. The highest BCUT2D eigenvalue weighted by molar-refractivity contribution is 5.39. The van der Waals surface area contributed by atoms with Crippen molar-refractivity contribution in [2.75, 3.05) is 6.61 Å². The number of aliphatic hydroxyl groups is 1. The van der Waals surface area contributed by atoms with E-state index in [9.17, 15) is 0 Å². The Kier molecular flexibility index (Phi) is 3.67. The van der Waals surface area contributed by atoms with E-state index in [0.717, 1.165) is 17.5 Å². The molecule has 1 unspecified atom stereocenters.